The van der Waals surface area contributed by atoms with Gasteiger partial charge in [0.15, 0.2) is 0 Å². The average molecular weight is 298 g/mol. The Bertz CT molecular complexity index is 259. The number of methoxy groups -OCH3 is 1. The van der Waals surface area contributed by atoms with Crippen LogP contribution in [-0.2, 0) is 9.47 Å². The number of aliphatic hydroxyl groups excluding tert-OH is 1. The minimum atomic E-state index is -0.396. The van der Waals surface area contributed by atoms with Crippen LogP contribution in [0.4, 0.5) is 0 Å². The number of ether oxygens (including phenoxy) is 2. The van der Waals surface area contributed by atoms with Gasteiger partial charge >= 0.3 is 0 Å². The molecule has 0 radical (unpaired) electrons. The summed E-state index contributed by atoms with van der Waals surface area (Å²) < 4.78 is 10.7. The van der Waals surface area contributed by atoms with Crippen LogP contribution in [0.2, 0.25) is 0 Å². The highest BCUT2D eigenvalue weighted by Crippen LogP contribution is 2.29. The Kier molecular flexibility index (Phi) is 10.8. The lowest BCUT2D eigenvalue weighted by Gasteiger charge is -2.30. The van der Waals surface area contributed by atoms with E-state index in [1.54, 1.807) is 7.11 Å². The van der Waals surface area contributed by atoms with Gasteiger partial charge in [-0.1, -0.05) is 57.6 Å². The van der Waals surface area contributed by atoms with Crippen LogP contribution in [0.5, 0.6) is 0 Å². The molecule has 0 unspecified atom stereocenters. The van der Waals surface area contributed by atoms with Gasteiger partial charge in [0, 0.05) is 7.11 Å². The van der Waals surface area contributed by atoms with Crippen molar-refractivity contribution in [1.29, 1.82) is 0 Å². The first-order valence-corrected chi connectivity index (χ1v) is 8.74. The Hall–Kier alpha value is -0.380. The maximum atomic E-state index is 10.6. The molecule has 0 aromatic rings. The lowest BCUT2D eigenvalue weighted by molar-refractivity contribution is -0.108. The van der Waals surface area contributed by atoms with E-state index >= 15 is 0 Å². The van der Waals surface area contributed by atoms with Gasteiger partial charge in [-0.15, -0.1) is 0 Å². The molecule has 0 aromatic carbocycles. The summed E-state index contributed by atoms with van der Waals surface area (Å²) in [6.45, 7) is 2.47. The highest BCUT2D eigenvalue weighted by molar-refractivity contribution is 4.95. The fourth-order valence-electron chi connectivity index (χ4n) is 3.08. The van der Waals surface area contributed by atoms with Gasteiger partial charge in [-0.05, 0) is 31.6 Å². The van der Waals surface area contributed by atoms with E-state index in [9.17, 15) is 5.11 Å². The minimum absolute atomic E-state index is 0.223. The topological polar surface area (TPSA) is 38.7 Å². The third kappa shape index (κ3) is 7.98. The summed E-state index contributed by atoms with van der Waals surface area (Å²) in [5, 5.41) is 10.6. The molecular formula is C18H34O3. The zero-order valence-electron chi connectivity index (χ0n) is 13.9. The smallest absolute Gasteiger partial charge is 0.147 e. The lowest BCUT2D eigenvalue weighted by Crippen LogP contribution is -2.35. The fraction of sp³-hybridized carbons (Fsp3) is 0.889. The summed E-state index contributed by atoms with van der Waals surface area (Å²) in [4.78, 5) is 0. The number of hydrogen-bond donors (Lipinski definition) is 1. The normalized spacial score (nSPS) is 20.0. The second-order valence-electron chi connectivity index (χ2n) is 6.20. The van der Waals surface area contributed by atoms with E-state index in [0.717, 1.165) is 19.3 Å². The number of aliphatic hydroxyl groups is 1. The Labute approximate surface area is 130 Å². The van der Waals surface area contributed by atoms with E-state index in [2.05, 4.69) is 13.0 Å². The second-order valence-corrected chi connectivity index (χ2v) is 6.20. The molecule has 1 aliphatic carbocycles. The number of hydrogen-bond acceptors (Lipinski definition) is 3. The van der Waals surface area contributed by atoms with Gasteiger partial charge in [0.25, 0.3) is 0 Å². The highest BCUT2D eigenvalue weighted by Gasteiger charge is 2.28. The van der Waals surface area contributed by atoms with Crippen molar-refractivity contribution in [3.8, 4) is 0 Å². The molecule has 0 amide bonds. The van der Waals surface area contributed by atoms with E-state index < -0.39 is 6.10 Å². The molecule has 0 bridgehead atoms. The van der Waals surface area contributed by atoms with Gasteiger partial charge < -0.3 is 14.6 Å². The third-order valence-corrected chi connectivity index (χ3v) is 4.40. The van der Waals surface area contributed by atoms with E-state index in [-0.39, 0.29) is 12.9 Å². The van der Waals surface area contributed by atoms with Crippen molar-refractivity contribution < 1.29 is 14.6 Å². The van der Waals surface area contributed by atoms with Crippen molar-refractivity contribution in [1.82, 2.24) is 0 Å². The van der Waals surface area contributed by atoms with Crippen LogP contribution >= 0.6 is 0 Å². The van der Waals surface area contributed by atoms with Crippen molar-refractivity contribution in [2.45, 2.75) is 83.3 Å². The number of unbranched alkanes of at least 4 members (excludes halogenated alkanes) is 4. The maximum Gasteiger partial charge on any atom is 0.147 e. The highest BCUT2D eigenvalue weighted by atomic mass is 16.7. The summed E-state index contributed by atoms with van der Waals surface area (Å²) >= 11 is 0. The van der Waals surface area contributed by atoms with Crippen LogP contribution in [0, 0.1) is 5.92 Å². The van der Waals surface area contributed by atoms with Gasteiger partial charge in [-0.25, -0.2) is 0 Å². The van der Waals surface area contributed by atoms with Gasteiger partial charge in [0.1, 0.15) is 12.9 Å². The molecule has 3 heteroatoms. The molecule has 0 spiro atoms. The zero-order chi connectivity index (χ0) is 15.3. The van der Waals surface area contributed by atoms with Crippen LogP contribution in [0.1, 0.15) is 71.1 Å². The second kappa shape index (κ2) is 12.2. The van der Waals surface area contributed by atoms with Crippen LogP contribution in [0.25, 0.3) is 0 Å². The summed E-state index contributed by atoms with van der Waals surface area (Å²) in [6, 6.07) is 0. The van der Waals surface area contributed by atoms with Crippen molar-refractivity contribution in [3.63, 3.8) is 0 Å². The monoisotopic (exact) mass is 298 g/mol. The quantitative estimate of drug-likeness (QED) is 0.348. The predicted molar refractivity (Wildman–Crippen MR) is 87.2 cm³/mol. The van der Waals surface area contributed by atoms with Crippen molar-refractivity contribution in [2.24, 2.45) is 5.92 Å². The first-order chi connectivity index (χ1) is 10.3. The molecule has 0 heterocycles. The molecule has 1 aliphatic rings. The Morgan fingerprint density at radius 2 is 1.90 bits per heavy atom. The van der Waals surface area contributed by atoms with Crippen molar-refractivity contribution >= 4 is 0 Å². The molecule has 2 atom stereocenters. The Balaban J connectivity index is 2.39. The standard InChI is InChI=1S/C18H34O3/c1-3-4-5-6-7-11-14-17(21-15-20-2)18(19)16-12-9-8-10-13-16/h11,14,16-19H,3-10,12-13,15H2,1-2H3/b14-11+/t17-,18-/m0/s1. The molecule has 124 valence electrons. The van der Waals surface area contributed by atoms with E-state index in [1.807, 2.05) is 6.08 Å². The Morgan fingerprint density at radius 1 is 1.14 bits per heavy atom. The summed E-state index contributed by atoms with van der Waals surface area (Å²) in [7, 11) is 1.62. The van der Waals surface area contributed by atoms with Crippen molar-refractivity contribution in [3.05, 3.63) is 12.2 Å². The Morgan fingerprint density at radius 3 is 2.57 bits per heavy atom. The van der Waals surface area contributed by atoms with Crippen LogP contribution in [-0.4, -0.2) is 31.2 Å². The van der Waals surface area contributed by atoms with Crippen LogP contribution in [0.15, 0.2) is 12.2 Å². The molecule has 0 aromatic heterocycles. The SMILES string of the molecule is CCCCCC/C=C/[C@H](OCOC)[C@@H](O)C1CCCCC1. The average Bonchev–Trinajstić information content (AvgIpc) is 2.53. The van der Waals surface area contributed by atoms with E-state index in [0.29, 0.717) is 5.92 Å². The van der Waals surface area contributed by atoms with Gasteiger partial charge in [-0.2, -0.15) is 0 Å². The summed E-state index contributed by atoms with van der Waals surface area (Å²) in [6.07, 6.45) is 15.8. The lowest BCUT2D eigenvalue weighted by atomic mass is 9.83. The molecule has 1 fully saturated rings. The summed E-state index contributed by atoms with van der Waals surface area (Å²) in [5.74, 6) is 0.380. The van der Waals surface area contributed by atoms with Gasteiger partial charge in [0.2, 0.25) is 0 Å². The number of rotatable bonds is 11. The summed E-state index contributed by atoms with van der Waals surface area (Å²) in [5.41, 5.74) is 0. The molecule has 1 N–H and O–H groups in total. The molecular weight excluding hydrogens is 264 g/mol. The number of allylic oxidation sites excluding steroid dienone is 1. The van der Waals surface area contributed by atoms with Crippen molar-refractivity contribution in [2.75, 3.05) is 13.9 Å². The molecule has 3 nitrogen and oxygen atoms in total. The van der Waals surface area contributed by atoms with E-state index in [1.165, 1.54) is 44.9 Å². The first-order valence-electron chi connectivity index (χ1n) is 8.74. The fourth-order valence-corrected chi connectivity index (χ4v) is 3.08. The van der Waals surface area contributed by atoms with E-state index in [4.69, 9.17) is 9.47 Å². The molecule has 0 saturated heterocycles. The van der Waals surface area contributed by atoms with Crippen LogP contribution in [0.3, 0.4) is 0 Å². The minimum Gasteiger partial charge on any atom is -0.390 e. The molecule has 0 aliphatic heterocycles. The van der Waals surface area contributed by atoms with Gasteiger partial charge in [-0.3, -0.25) is 0 Å². The molecule has 21 heavy (non-hydrogen) atoms. The largest absolute Gasteiger partial charge is 0.390 e. The van der Waals surface area contributed by atoms with Gasteiger partial charge in [0.05, 0.1) is 6.10 Å². The zero-order valence-corrected chi connectivity index (χ0v) is 13.9. The predicted octanol–water partition coefficient (Wildman–Crippen LogP) is 4.44. The first kappa shape index (κ1) is 18.7. The maximum absolute atomic E-state index is 10.6. The van der Waals surface area contributed by atoms with Crippen LogP contribution < -0.4 is 0 Å². The molecule has 1 saturated carbocycles. The molecule has 1 rings (SSSR count). The third-order valence-electron chi connectivity index (χ3n) is 4.40.